The van der Waals surface area contributed by atoms with Crippen molar-refractivity contribution >= 4 is 27.6 Å². The highest BCUT2D eigenvalue weighted by Gasteiger charge is 2.19. The van der Waals surface area contributed by atoms with E-state index in [1.165, 1.54) is 6.07 Å². The predicted octanol–water partition coefficient (Wildman–Crippen LogP) is 3.54. The number of ether oxygens (including phenoxy) is 1. The lowest BCUT2D eigenvalue weighted by Crippen LogP contribution is -2.31. The topological polar surface area (TPSA) is 72.5 Å². The van der Waals surface area contributed by atoms with Gasteiger partial charge in [-0.3, -0.25) is 4.79 Å². The molecule has 0 aliphatic rings. The zero-order valence-corrected chi connectivity index (χ0v) is 15.8. The Hall–Kier alpha value is -1.89. The Labute approximate surface area is 153 Å². The summed E-state index contributed by atoms with van der Waals surface area (Å²) in [4.78, 5) is 12.1. The van der Waals surface area contributed by atoms with Crippen molar-refractivity contribution in [2.45, 2.75) is 31.8 Å². The first-order valence-corrected chi connectivity index (χ1v) is 9.57. The van der Waals surface area contributed by atoms with Crippen molar-refractivity contribution in [3.05, 3.63) is 64.2 Å². The van der Waals surface area contributed by atoms with Gasteiger partial charge in [-0.2, -0.15) is 4.72 Å². The summed E-state index contributed by atoms with van der Waals surface area (Å²) < 4.78 is 32.0. The maximum absolute atomic E-state index is 12.3. The molecule has 0 bridgehead atoms. The molecule has 2 rings (SSSR count). The quantitative estimate of drug-likeness (QED) is 0.777. The lowest BCUT2D eigenvalue weighted by molar-refractivity contribution is -0.147. The average Bonchev–Trinajstić information content (AvgIpc) is 2.56. The van der Waals surface area contributed by atoms with Gasteiger partial charge in [0.05, 0.1) is 4.90 Å². The summed E-state index contributed by atoms with van der Waals surface area (Å²) in [6, 6.07) is 11.8. The Kier molecular flexibility index (Phi) is 6.21. The van der Waals surface area contributed by atoms with Crippen LogP contribution in [0, 0.1) is 13.8 Å². The number of hydrogen-bond acceptors (Lipinski definition) is 4. The molecular weight excluding hydrogens is 362 g/mol. The summed E-state index contributed by atoms with van der Waals surface area (Å²) in [5, 5.41) is 0.485. The van der Waals surface area contributed by atoms with E-state index in [1.54, 1.807) is 43.3 Å². The van der Waals surface area contributed by atoms with Crippen LogP contribution in [0.25, 0.3) is 0 Å². The molecule has 134 valence electrons. The van der Waals surface area contributed by atoms with Gasteiger partial charge >= 0.3 is 5.97 Å². The van der Waals surface area contributed by atoms with Gasteiger partial charge < -0.3 is 4.74 Å². The van der Waals surface area contributed by atoms with Crippen LogP contribution in [0.2, 0.25) is 5.02 Å². The molecular formula is C18H20ClNO4S. The summed E-state index contributed by atoms with van der Waals surface area (Å²) in [5.41, 5.74) is 2.51. The van der Waals surface area contributed by atoms with Gasteiger partial charge in [0.15, 0.2) is 0 Å². The minimum Gasteiger partial charge on any atom is -0.457 e. The van der Waals surface area contributed by atoms with E-state index in [0.29, 0.717) is 10.6 Å². The van der Waals surface area contributed by atoms with Gasteiger partial charge in [-0.25, -0.2) is 8.42 Å². The van der Waals surface area contributed by atoms with E-state index in [0.717, 1.165) is 11.1 Å². The molecule has 0 unspecified atom stereocenters. The first-order chi connectivity index (χ1) is 11.7. The molecule has 0 fully saturated rings. The number of benzene rings is 2. The number of rotatable bonds is 6. The highest BCUT2D eigenvalue weighted by atomic mass is 35.5. The summed E-state index contributed by atoms with van der Waals surface area (Å²) in [6.07, 6.45) is -0.577. The molecule has 1 N–H and O–H groups in total. The first kappa shape index (κ1) is 19.4. The Morgan fingerprint density at radius 1 is 1.16 bits per heavy atom. The van der Waals surface area contributed by atoms with Crippen LogP contribution in [0.3, 0.4) is 0 Å². The Bertz CT molecular complexity index is 880. The van der Waals surface area contributed by atoms with Crippen LogP contribution in [0.4, 0.5) is 0 Å². The van der Waals surface area contributed by atoms with E-state index in [2.05, 4.69) is 4.72 Å². The van der Waals surface area contributed by atoms with Crippen LogP contribution < -0.4 is 4.72 Å². The molecule has 0 spiro atoms. The van der Waals surface area contributed by atoms with E-state index in [4.69, 9.17) is 16.3 Å². The van der Waals surface area contributed by atoms with Crippen LogP contribution in [0.1, 0.15) is 29.7 Å². The summed E-state index contributed by atoms with van der Waals surface area (Å²) in [7, 11) is -3.78. The second kappa shape index (κ2) is 7.99. The minimum absolute atomic E-state index is 0.113. The van der Waals surface area contributed by atoms with Crippen molar-refractivity contribution < 1.29 is 17.9 Å². The third-order valence-electron chi connectivity index (χ3n) is 3.85. The van der Waals surface area contributed by atoms with E-state index in [1.807, 2.05) is 13.8 Å². The van der Waals surface area contributed by atoms with Gasteiger partial charge in [0.2, 0.25) is 10.0 Å². The molecule has 7 heteroatoms. The Balaban J connectivity index is 1.99. The molecule has 0 amide bonds. The third kappa shape index (κ3) is 5.04. The fraction of sp³-hybridized carbons (Fsp3) is 0.278. The number of hydrogen-bond donors (Lipinski definition) is 1. The normalized spacial score (nSPS) is 12.6. The van der Waals surface area contributed by atoms with E-state index in [9.17, 15) is 13.2 Å². The van der Waals surface area contributed by atoms with Crippen LogP contribution >= 0.6 is 11.6 Å². The summed E-state index contributed by atoms with van der Waals surface area (Å²) in [6.45, 7) is 4.95. The van der Waals surface area contributed by atoms with Crippen LogP contribution in [0.15, 0.2) is 47.4 Å². The molecule has 1 atom stereocenters. The number of nitrogens with one attached hydrogen (secondary N) is 1. The molecule has 0 aliphatic heterocycles. The number of carbonyl (C=O) groups excluding carboxylic acids is 1. The van der Waals surface area contributed by atoms with Crippen molar-refractivity contribution in [3.63, 3.8) is 0 Å². The molecule has 5 nitrogen and oxygen atoms in total. The van der Waals surface area contributed by atoms with Crippen molar-refractivity contribution in [2.24, 2.45) is 0 Å². The minimum atomic E-state index is -3.78. The van der Waals surface area contributed by atoms with Gasteiger partial charge in [0.1, 0.15) is 12.6 Å². The first-order valence-electron chi connectivity index (χ1n) is 7.71. The van der Waals surface area contributed by atoms with Crippen LogP contribution in [-0.4, -0.2) is 20.9 Å². The van der Waals surface area contributed by atoms with E-state index in [-0.39, 0.29) is 4.90 Å². The third-order valence-corrected chi connectivity index (χ3v) is 5.59. The van der Waals surface area contributed by atoms with Gasteiger partial charge in [0, 0.05) is 10.6 Å². The fourth-order valence-electron chi connectivity index (χ4n) is 2.23. The lowest BCUT2D eigenvalue weighted by Gasteiger charge is -2.15. The Morgan fingerprint density at radius 2 is 1.84 bits per heavy atom. The van der Waals surface area contributed by atoms with Gasteiger partial charge in [-0.1, -0.05) is 35.9 Å². The molecule has 0 aliphatic carbocycles. The second-order valence-corrected chi connectivity index (χ2v) is 7.90. The molecule has 0 aromatic heterocycles. The van der Waals surface area contributed by atoms with Crippen molar-refractivity contribution in [1.82, 2.24) is 4.72 Å². The number of halogens is 1. The average molecular weight is 382 g/mol. The summed E-state index contributed by atoms with van der Waals surface area (Å²) >= 11 is 6.06. The molecule has 25 heavy (non-hydrogen) atoms. The highest BCUT2D eigenvalue weighted by Crippen LogP contribution is 2.24. The van der Waals surface area contributed by atoms with E-state index < -0.39 is 28.6 Å². The number of carbonyl (C=O) groups is 1. The molecule has 2 aromatic carbocycles. The van der Waals surface area contributed by atoms with Crippen molar-refractivity contribution in [2.75, 3.05) is 6.54 Å². The lowest BCUT2D eigenvalue weighted by atomic mass is 10.1. The standard InChI is InChI=1S/C18H20ClNO4S/c1-12-8-9-15(10-13(12)2)25(22,23)20-11-18(21)24-14(3)16-6-4-5-7-17(16)19/h4-10,14,20H,11H2,1-3H3/t14-/m0/s1. The van der Waals surface area contributed by atoms with Crippen LogP contribution in [-0.2, 0) is 19.6 Å². The van der Waals surface area contributed by atoms with Crippen molar-refractivity contribution in [3.8, 4) is 0 Å². The molecule has 2 aromatic rings. The monoisotopic (exact) mass is 381 g/mol. The zero-order valence-electron chi connectivity index (χ0n) is 14.2. The van der Waals surface area contributed by atoms with Crippen LogP contribution in [0.5, 0.6) is 0 Å². The number of esters is 1. The van der Waals surface area contributed by atoms with Gasteiger partial charge in [-0.15, -0.1) is 0 Å². The molecule has 0 saturated heterocycles. The smallest absolute Gasteiger partial charge is 0.321 e. The zero-order chi connectivity index (χ0) is 18.6. The number of aryl methyl sites for hydroxylation is 2. The second-order valence-electron chi connectivity index (χ2n) is 5.72. The van der Waals surface area contributed by atoms with Gasteiger partial charge in [0.25, 0.3) is 0 Å². The maximum atomic E-state index is 12.3. The molecule has 0 saturated carbocycles. The molecule has 0 heterocycles. The number of sulfonamides is 1. The highest BCUT2D eigenvalue weighted by molar-refractivity contribution is 7.89. The van der Waals surface area contributed by atoms with Gasteiger partial charge in [-0.05, 0) is 50.1 Å². The predicted molar refractivity (Wildman–Crippen MR) is 97.1 cm³/mol. The Morgan fingerprint density at radius 3 is 2.48 bits per heavy atom. The largest absolute Gasteiger partial charge is 0.457 e. The SMILES string of the molecule is Cc1ccc(S(=O)(=O)NCC(=O)O[C@@H](C)c2ccccc2Cl)cc1C. The maximum Gasteiger partial charge on any atom is 0.321 e. The van der Waals surface area contributed by atoms with Crippen molar-refractivity contribution in [1.29, 1.82) is 0 Å². The summed E-state index contributed by atoms with van der Waals surface area (Å²) in [5.74, 6) is -0.681. The molecule has 0 radical (unpaired) electrons. The van der Waals surface area contributed by atoms with E-state index >= 15 is 0 Å². The fourth-order valence-corrected chi connectivity index (χ4v) is 3.57.